The monoisotopic (exact) mass is 623 g/mol. The minimum Gasteiger partial charge on any atom is -0.480 e. The van der Waals surface area contributed by atoms with E-state index in [9.17, 15) is 19.2 Å². The highest BCUT2D eigenvalue weighted by Gasteiger charge is 2.39. The van der Waals surface area contributed by atoms with Crippen molar-refractivity contribution in [1.82, 2.24) is 25.3 Å². The summed E-state index contributed by atoms with van der Waals surface area (Å²) in [4.78, 5) is 60.1. The third-order valence-electron chi connectivity index (χ3n) is 7.27. The Morgan fingerprint density at radius 2 is 1.74 bits per heavy atom. The van der Waals surface area contributed by atoms with Gasteiger partial charge in [0.25, 0.3) is 0 Å². The van der Waals surface area contributed by atoms with Crippen molar-refractivity contribution >= 4 is 41.9 Å². The predicted molar refractivity (Wildman–Crippen MR) is 173 cm³/mol. The molecular weight excluding hydrogens is 570 g/mol. The van der Waals surface area contributed by atoms with Gasteiger partial charge in [-0.15, -0.1) is 11.8 Å². The van der Waals surface area contributed by atoms with Gasteiger partial charge in [-0.2, -0.15) is 0 Å². The molecule has 11 nitrogen and oxygen atoms in total. The van der Waals surface area contributed by atoms with Crippen LogP contribution in [0.3, 0.4) is 0 Å². The highest BCUT2D eigenvalue weighted by molar-refractivity contribution is 7.99. The van der Waals surface area contributed by atoms with Gasteiger partial charge in [-0.1, -0.05) is 63.1 Å². The average Bonchev–Trinajstić information content (AvgIpc) is 3.42. The van der Waals surface area contributed by atoms with E-state index < -0.39 is 5.97 Å². The van der Waals surface area contributed by atoms with E-state index in [1.807, 2.05) is 49.0 Å². The number of aldehydes is 1. The number of likely N-dealkylation sites (N-methyl/N-ethyl adjacent to an activating group) is 1. The van der Waals surface area contributed by atoms with Gasteiger partial charge in [-0.3, -0.25) is 19.3 Å². The molecule has 2 aliphatic rings. The van der Waals surface area contributed by atoms with Crippen molar-refractivity contribution in [2.75, 3.05) is 59.0 Å². The number of piperidine rings is 1. The molecule has 0 aromatic heterocycles. The number of carboxylic acid groups (broad SMARTS) is 1. The van der Waals surface area contributed by atoms with Crippen molar-refractivity contribution in [2.24, 2.45) is 11.3 Å². The summed E-state index contributed by atoms with van der Waals surface area (Å²) < 4.78 is 0. The maximum absolute atomic E-state index is 12.6. The lowest BCUT2D eigenvalue weighted by atomic mass is 9.79. The lowest BCUT2D eigenvalue weighted by Crippen LogP contribution is -2.51. The molecule has 3 N–H and O–H groups in total. The number of carbonyl (C=O) groups excluding carboxylic acids is 4. The molecule has 0 radical (unpaired) electrons. The standard InChI is InChI=1S/C15H29N3O2.C7H12N2O3S.C7H8.C2H4O/c1-6-12(2)11-17(5)13(19)15(3)7-9-18(10-8-15)14(20)16-4;1-9-4-13-3-5(9)7(12)8-2-6(10)11;1-7-5-3-2-4-6-7;1-2-3/h12H,6-11H2,1-5H3,(H,16,20);5H,2-4H2,1H3,(H,8,12)(H,10,11);2-6H,1H3;2H,1H3. The molecule has 2 saturated heterocycles. The number of rotatable bonds is 7. The van der Waals surface area contributed by atoms with Gasteiger partial charge >= 0.3 is 12.0 Å². The van der Waals surface area contributed by atoms with Gasteiger partial charge in [-0.05, 0) is 39.7 Å². The molecule has 1 aromatic carbocycles. The number of benzene rings is 1. The summed E-state index contributed by atoms with van der Waals surface area (Å²) in [6, 6.07) is 10.0. The smallest absolute Gasteiger partial charge is 0.322 e. The summed E-state index contributed by atoms with van der Waals surface area (Å²) in [6.45, 7) is 11.7. The molecule has 0 bridgehead atoms. The first-order chi connectivity index (χ1) is 20.3. The van der Waals surface area contributed by atoms with Crippen molar-refractivity contribution in [3.8, 4) is 0 Å². The molecule has 2 atom stereocenters. The number of aryl methyl sites for hydroxylation is 1. The number of nitrogens with zero attached hydrogens (tertiary/aromatic N) is 3. The summed E-state index contributed by atoms with van der Waals surface area (Å²) in [5.41, 5.74) is 0.995. The van der Waals surface area contributed by atoms with Crippen molar-refractivity contribution in [2.45, 2.75) is 59.9 Å². The number of amides is 4. The second-order valence-electron chi connectivity index (χ2n) is 11.1. The lowest BCUT2D eigenvalue weighted by Gasteiger charge is -2.40. The highest BCUT2D eigenvalue weighted by atomic mass is 32.2. The van der Waals surface area contributed by atoms with Crippen molar-refractivity contribution in [3.63, 3.8) is 0 Å². The first kappa shape index (κ1) is 39.9. The van der Waals surface area contributed by atoms with Crippen LogP contribution in [0.2, 0.25) is 0 Å². The number of likely N-dealkylation sites (tertiary alicyclic amines) is 1. The molecule has 2 fully saturated rings. The number of urea groups is 1. The fraction of sp³-hybridized carbons (Fsp3) is 0.645. The maximum atomic E-state index is 12.6. The Morgan fingerprint density at radius 3 is 2.14 bits per heavy atom. The van der Waals surface area contributed by atoms with Crippen LogP contribution in [0, 0.1) is 18.3 Å². The van der Waals surface area contributed by atoms with Gasteiger partial charge in [0.2, 0.25) is 11.8 Å². The van der Waals surface area contributed by atoms with Gasteiger partial charge in [-0.25, -0.2) is 4.79 Å². The summed E-state index contributed by atoms with van der Waals surface area (Å²) >= 11 is 1.67. The first-order valence-electron chi connectivity index (χ1n) is 14.7. The van der Waals surface area contributed by atoms with Crippen LogP contribution < -0.4 is 10.6 Å². The molecule has 0 spiro atoms. The zero-order valence-corrected chi connectivity index (χ0v) is 28.0. The molecule has 2 aliphatic heterocycles. The Bertz CT molecular complexity index is 988. The van der Waals surface area contributed by atoms with Crippen LogP contribution in [0.25, 0.3) is 0 Å². The number of carbonyl (C=O) groups is 5. The Hall–Kier alpha value is -3.12. The quantitative estimate of drug-likeness (QED) is 0.393. The number of aliphatic carboxylic acids is 1. The molecule has 0 saturated carbocycles. The number of carboxylic acids is 1. The van der Waals surface area contributed by atoms with E-state index in [1.165, 1.54) is 12.5 Å². The SMILES string of the molecule is CC=O.CCC(C)CN(C)C(=O)C1(C)CCN(C(=O)NC)CC1.CN1CSCC1C(=O)NCC(=O)O.Cc1ccccc1. The van der Waals surface area contributed by atoms with Crippen LogP contribution in [0.15, 0.2) is 30.3 Å². The van der Waals surface area contributed by atoms with Gasteiger partial charge < -0.3 is 30.3 Å². The van der Waals surface area contributed by atoms with E-state index in [0.29, 0.717) is 19.0 Å². The molecule has 12 heteroatoms. The summed E-state index contributed by atoms with van der Waals surface area (Å²) in [7, 11) is 5.39. The minimum atomic E-state index is -1.01. The van der Waals surface area contributed by atoms with E-state index in [2.05, 4.69) is 43.5 Å². The molecule has 43 heavy (non-hydrogen) atoms. The normalized spacial score (nSPS) is 17.7. The Labute approximate surface area is 262 Å². The minimum absolute atomic E-state index is 0.0486. The van der Waals surface area contributed by atoms with Crippen LogP contribution in [0.4, 0.5) is 4.79 Å². The van der Waals surface area contributed by atoms with E-state index in [0.717, 1.165) is 43.7 Å². The van der Waals surface area contributed by atoms with Crippen molar-refractivity contribution < 1.29 is 29.1 Å². The number of thioether (sulfide) groups is 1. The Kier molecular flexibility index (Phi) is 20.0. The molecule has 2 unspecified atom stereocenters. The van der Waals surface area contributed by atoms with Crippen LogP contribution >= 0.6 is 11.8 Å². The number of nitrogens with one attached hydrogen (secondary N) is 2. The highest BCUT2D eigenvalue weighted by Crippen LogP contribution is 2.33. The fourth-order valence-corrected chi connectivity index (χ4v) is 5.53. The number of hydrogen-bond donors (Lipinski definition) is 3. The van der Waals surface area contributed by atoms with E-state index in [4.69, 9.17) is 9.90 Å². The third kappa shape index (κ3) is 15.8. The predicted octanol–water partition coefficient (Wildman–Crippen LogP) is 3.32. The summed E-state index contributed by atoms with van der Waals surface area (Å²) in [6.07, 6.45) is 3.31. The molecule has 244 valence electrons. The van der Waals surface area contributed by atoms with Gasteiger partial charge in [0, 0.05) is 50.8 Å². The fourth-order valence-electron chi connectivity index (χ4n) is 4.33. The summed E-state index contributed by atoms with van der Waals surface area (Å²) in [5, 5.41) is 13.3. The van der Waals surface area contributed by atoms with Crippen LogP contribution in [0.5, 0.6) is 0 Å². The third-order valence-corrected chi connectivity index (χ3v) is 8.41. The van der Waals surface area contributed by atoms with Crippen molar-refractivity contribution in [1.29, 1.82) is 0 Å². The van der Waals surface area contributed by atoms with Gasteiger partial charge in [0.15, 0.2) is 0 Å². The maximum Gasteiger partial charge on any atom is 0.322 e. The van der Waals surface area contributed by atoms with Crippen molar-refractivity contribution in [3.05, 3.63) is 35.9 Å². The van der Waals surface area contributed by atoms with Crippen LogP contribution in [-0.4, -0.2) is 115 Å². The average molecular weight is 624 g/mol. The zero-order chi connectivity index (χ0) is 33.0. The molecule has 1 aromatic rings. The molecule has 4 amide bonds. The molecule has 0 aliphatic carbocycles. The van der Waals surface area contributed by atoms with Crippen LogP contribution in [-0.2, 0) is 19.2 Å². The molecular formula is C31H53N5O6S. The first-order valence-corrected chi connectivity index (χ1v) is 15.8. The van der Waals surface area contributed by atoms with Crippen LogP contribution in [0.1, 0.15) is 52.5 Å². The largest absolute Gasteiger partial charge is 0.480 e. The number of hydrogen-bond acceptors (Lipinski definition) is 7. The Balaban J connectivity index is 0.000000650. The summed E-state index contributed by atoms with van der Waals surface area (Å²) in [5.74, 6) is 1.09. The zero-order valence-electron chi connectivity index (χ0n) is 27.2. The van der Waals surface area contributed by atoms with E-state index in [1.54, 1.807) is 23.7 Å². The molecule has 2 heterocycles. The van der Waals surface area contributed by atoms with E-state index in [-0.39, 0.29) is 35.8 Å². The van der Waals surface area contributed by atoms with Gasteiger partial charge in [0.1, 0.15) is 12.8 Å². The van der Waals surface area contributed by atoms with Gasteiger partial charge in [0.05, 0.1) is 6.04 Å². The molecule has 3 rings (SSSR count). The van der Waals surface area contributed by atoms with E-state index >= 15 is 0 Å². The second kappa shape index (κ2) is 21.6. The lowest BCUT2D eigenvalue weighted by molar-refractivity contribution is -0.142. The Morgan fingerprint density at radius 1 is 1.19 bits per heavy atom. The topological polar surface area (TPSA) is 139 Å². The second-order valence-corrected chi connectivity index (χ2v) is 12.1.